The largest absolute Gasteiger partial charge is 0.497 e. The maximum absolute atomic E-state index is 13.5. The molecule has 3 aromatic rings. The van der Waals surface area contributed by atoms with Crippen LogP contribution < -0.4 is 4.74 Å². The smallest absolute Gasteiger partial charge is 0.272 e. The summed E-state index contributed by atoms with van der Waals surface area (Å²) in [6, 6.07) is 15.1. The number of nitrogens with zero attached hydrogens (tertiary/aromatic N) is 4. The van der Waals surface area contributed by atoms with Gasteiger partial charge in [0.2, 0.25) is 0 Å². The molecule has 2 heterocycles. The Morgan fingerprint density at radius 2 is 1.81 bits per heavy atom. The second kappa shape index (κ2) is 8.80. The molecule has 0 spiro atoms. The van der Waals surface area contributed by atoms with E-state index in [2.05, 4.69) is 5.10 Å². The number of aromatic nitrogens is 2. The van der Waals surface area contributed by atoms with E-state index in [0.29, 0.717) is 35.9 Å². The van der Waals surface area contributed by atoms with E-state index in [-0.39, 0.29) is 23.8 Å². The summed E-state index contributed by atoms with van der Waals surface area (Å²) in [5, 5.41) is 15.7. The molecule has 0 saturated carbocycles. The predicted octanol–water partition coefficient (Wildman–Crippen LogP) is 3.71. The predicted molar refractivity (Wildman–Crippen MR) is 118 cm³/mol. The average molecular weight is 436 g/mol. The minimum Gasteiger partial charge on any atom is -0.497 e. The van der Waals surface area contributed by atoms with E-state index in [4.69, 9.17) is 9.47 Å². The molecule has 0 radical (unpaired) electrons. The fraction of sp³-hybridized carbons (Fsp3) is 0.304. The monoisotopic (exact) mass is 436 g/mol. The van der Waals surface area contributed by atoms with Gasteiger partial charge in [-0.05, 0) is 44.2 Å². The Kier molecular flexibility index (Phi) is 5.91. The Morgan fingerprint density at radius 1 is 1.12 bits per heavy atom. The fourth-order valence-electron chi connectivity index (χ4n) is 3.87. The van der Waals surface area contributed by atoms with Crippen molar-refractivity contribution in [1.82, 2.24) is 14.7 Å². The number of morpholine rings is 1. The number of amides is 1. The standard InChI is InChI=1S/C23H24N4O5/c1-15-13-25(14-16(2)32-15)23(28)22-12-21(17-5-4-6-20(11-17)31-3)24-26(22)18-7-9-19(10-8-18)27(29)30/h4-12,15-16H,13-14H2,1-3H3. The molecule has 2 aromatic carbocycles. The van der Waals surface area contributed by atoms with Crippen molar-refractivity contribution >= 4 is 11.6 Å². The van der Waals surface area contributed by atoms with Crippen molar-refractivity contribution in [2.75, 3.05) is 20.2 Å². The maximum atomic E-state index is 13.5. The summed E-state index contributed by atoms with van der Waals surface area (Å²) in [4.78, 5) is 25.8. The summed E-state index contributed by atoms with van der Waals surface area (Å²) in [6.45, 7) is 4.82. The summed E-state index contributed by atoms with van der Waals surface area (Å²) in [5.74, 6) is 0.503. The Morgan fingerprint density at radius 3 is 2.44 bits per heavy atom. The van der Waals surface area contributed by atoms with Crippen LogP contribution in [0.4, 0.5) is 5.69 Å². The molecule has 1 aliphatic heterocycles. The van der Waals surface area contributed by atoms with Gasteiger partial charge in [0.05, 0.1) is 35.6 Å². The SMILES string of the molecule is COc1cccc(-c2cc(C(=O)N3CC(C)OC(C)C3)n(-c3ccc([N+](=O)[O-])cc3)n2)c1. The zero-order valence-corrected chi connectivity index (χ0v) is 18.1. The molecule has 9 nitrogen and oxygen atoms in total. The van der Waals surface area contributed by atoms with Crippen molar-refractivity contribution < 1.29 is 19.2 Å². The van der Waals surface area contributed by atoms with Gasteiger partial charge in [-0.2, -0.15) is 5.10 Å². The number of carbonyl (C=O) groups is 1. The van der Waals surface area contributed by atoms with Crippen LogP contribution in [0.25, 0.3) is 16.9 Å². The first-order valence-electron chi connectivity index (χ1n) is 10.3. The molecule has 1 amide bonds. The van der Waals surface area contributed by atoms with Gasteiger partial charge in [-0.25, -0.2) is 4.68 Å². The molecule has 9 heteroatoms. The quantitative estimate of drug-likeness (QED) is 0.447. The number of nitro groups is 1. The lowest BCUT2D eigenvalue weighted by Gasteiger charge is -2.35. The molecule has 1 saturated heterocycles. The molecule has 0 N–H and O–H groups in total. The van der Waals surface area contributed by atoms with Crippen LogP contribution in [0.15, 0.2) is 54.6 Å². The van der Waals surface area contributed by atoms with Crippen LogP contribution in [0.1, 0.15) is 24.3 Å². The summed E-state index contributed by atoms with van der Waals surface area (Å²) in [5.41, 5.74) is 2.29. The Hall–Kier alpha value is -3.72. The first kappa shape index (κ1) is 21.5. The number of methoxy groups -OCH3 is 1. The fourth-order valence-corrected chi connectivity index (χ4v) is 3.87. The number of hydrogen-bond acceptors (Lipinski definition) is 6. The summed E-state index contributed by atoms with van der Waals surface area (Å²) in [7, 11) is 1.59. The van der Waals surface area contributed by atoms with E-state index in [9.17, 15) is 14.9 Å². The van der Waals surface area contributed by atoms with E-state index in [1.807, 2.05) is 38.1 Å². The number of rotatable bonds is 5. The highest BCUT2D eigenvalue weighted by Crippen LogP contribution is 2.27. The van der Waals surface area contributed by atoms with Crippen LogP contribution in [0.5, 0.6) is 5.75 Å². The molecular formula is C23H24N4O5. The van der Waals surface area contributed by atoms with Gasteiger partial charge >= 0.3 is 0 Å². The van der Waals surface area contributed by atoms with Crippen molar-refractivity contribution in [3.05, 3.63) is 70.4 Å². The highest BCUT2D eigenvalue weighted by molar-refractivity contribution is 5.94. The molecule has 2 unspecified atom stereocenters. The lowest BCUT2D eigenvalue weighted by molar-refractivity contribution is -0.384. The molecule has 32 heavy (non-hydrogen) atoms. The highest BCUT2D eigenvalue weighted by atomic mass is 16.6. The molecule has 4 rings (SSSR count). The number of non-ortho nitro benzene ring substituents is 1. The summed E-state index contributed by atoms with van der Waals surface area (Å²) < 4.78 is 12.6. The van der Waals surface area contributed by atoms with Crippen LogP contribution in [0.3, 0.4) is 0 Å². The van der Waals surface area contributed by atoms with Crippen LogP contribution in [-0.4, -0.2) is 57.9 Å². The van der Waals surface area contributed by atoms with Crippen LogP contribution in [0.2, 0.25) is 0 Å². The third kappa shape index (κ3) is 4.33. The summed E-state index contributed by atoms with van der Waals surface area (Å²) >= 11 is 0. The molecule has 0 bridgehead atoms. The van der Waals surface area contributed by atoms with Crippen LogP contribution in [-0.2, 0) is 4.74 Å². The van der Waals surface area contributed by atoms with E-state index in [1.54, 1.807) is 30.2 Å². The molecular weight excluding hydrogens is 412 g/mol. The van der Waals surface area contributed by atoms with Crippen molar-refractivity contribution in [3.8, 4) is 22.7 Å². The Balaban J connectivity index is 1.78. The minimum absolute atomic E-state index is 0.0300. The molecule has 1 aliphatic rings. The van der Waals surface area contributed by atoms with Gasteiger partial charge in [0.25, 0.3) is 11.6 Å². The van der Waals surface area contributed by atoms with Crippen LogP contribution >= 0.6 is 0 Å². The number of carbonyl (C=O) groups excluding carboxylic acids is 1. The average Bonchev–Trinajstić information content (AvgIpc) is 3.23. The van der Waals surface area contributed by atoms with Gasteiger partial charge in [0, 0.05) is 30.8 Å². The molecule has 166 valence electrons. The normalized spacial score (nSPS) is 18.4. The second-order valence-electron chi connectivity index (χ2n) is 7.80. The number of benzene rings is 2. The molecule has 2 atom stereocenters. The van der Waals surface area contributed by atoms with Crippen molar-refractivity contribution in [2.45, 2.75) is 26.1 Å². The van der Waals surface area contributed by atoms with E-state index in [1.165, 1.54) is 16.8 Å². The van der Waals surface area contributed by atoms with Gasteiger partial charge in [0.1, 0.15) is 11.4 Å². The molecule has 1 fully saturated rings. The van der Waals surface area contributed by atoms with Gasteiger partial charge < -0.3 is 14.4 Å². The first-order chi connectivity index (χ1) is 15.4. The first-order valence-corrected chi connectivity index (χ1v) is 10.3. The lowest BCUT2D eigenvalue weighted by Crippen LogP contribution is -2.48. The van der Waals surface area contributed by atoms with E-state index < -0.39 is 4.92 Å². The van der Waals surface area contributed by atoms with Gasteiger partial charge in [-0.1, -0.05) is 12.1 Å². The van der Waals surface area contributed by atoms with Gasteiger partial charge in [-0.15, -0.1) is 0 Å². The van der Waals surface area contributed by atoms with Gasteiger partial charge in [-0.3, -0.25) is 14.9 Å². The third-order valence-electron chi connectivity index (χ3n) is 5.31. The third-order valence-corrected chi connectivity index (χ3v) is 5.31. The van der Waals surface area contributed by atoms with Crippen molar-refractivity contribution in [2.24, 2.45) is 0 Å². The zero-order chi connectivity index (χ0) is 22.8. The van der Waals surface area contributed by atoms with Crippen LogP contribution in [0, 0.1) is 10.1 Å². The summed E-state index contributed by atoms with van der Waals surface area (Å²) in [6.07, 6.45) is -0.146. The Bertz CT molecular complexity index is 1130. The minimum atomic E-state index is -0.461. The molecule has 0 aliphatic carbocycles. The second-order valence-corrected chi connectivity index (χ2v) is 7.80. The molecule has 1 aromatic heterocycles. The topological polar surface area (TPSA) is 99.7 Å². The zero-order valence-electron chi connectivity index (χ0n) is 18.1. The van der Waals surface area contributed by atoms with Gasteiger partial charge in [0.15, 0.2) is 0 Å². The highest BCUT2D eigenvalue weighted by Gasteiger charge is 2.29. The van der Waals surface area contributed by atoms with E-state index in [0.717, 1.165) is 5.56 Å². The van der Waals surface area contributed by atoms with Crippen molar-refractivity contribution in [3.63, 3.8) is 0 Å². The van der Waals surface area contributed by atoms with Crippen molar-refractivity contribution in [1.29, 1.82) is 0 Å². The maximum Gasteiger partial charge on any atom is 0.272 e. The number of ether oxygens (including phenoxy) is 2. The number of hydrogen-bond donors (Lipinski definition) is 0. The Labute approximate surface area is 185 Å². The van der Waals surface area contributed by atoms with E-state index >= 15 is 0 Å². The lowest BCUT2D eigenvalue weighted by atomic mass is 10.1. The number of nitro benzene ring substituents is 1.